The molecular weight excluding hydrogens is 413 g/mol. The van der Waals surface area contributed by atoms with Crippen LogP contribution in [0, 0.1) is 0 Å². The number of amides is 1. The Labute approximate surface area is 179 Å². The van der Waals surface area contributed by atoms with Crippen LogP contribution in [0.2, 0.25) is 10.0 Å². The summed E-state index contributed by atoms with van der Waals surface area (Å²) in [5.74, 6) is 0.0375. The number of rotatable bonds is 6. The van der Waals surface area contributed by atoms with Gasteiger partial charge in [0.1, 0.15) is 5.82 Å². The Hall–Kier alpha value is -2.57. The zero-order valence-electron chi connectivity index (χ0n) is 15.9. The summed E-state index contributed by atoms with van der Waals surface area (Å²) in [5.41, 5.74) is 1.19. The second kappa shape index (κ2) is 9.76. The van der Waals surface area contributed by atoms with Gasteiger partial charge in [0.25, 0.3) is 5.91 Å². The monoisotopic (exact) mass is 433 g/mol. The van der Waals surface area contributed by atoms with Crippen molar-refractivity contribution >= 4 is 47.0 Å². The molecule has 0 unspecified atom stereocenters. The fourth-order valence-corrected chi connectivity index (χ4v) is 3.51. The first kappa shape index (κ1) is 21.1. The van der Waals surface area contributed by atoms with E-state index in [9.17, 15) is 9.59 Å². The zero-order valence-corrected chi connectivity index (χ0v) is 17.4. The Morgan fingerprint density at radius 1 is 1.31 bits per heavy atom. The zero-order chi connectivity index (χ0) is 20.8. The summed E-state index contributed by atoms with van der Waals surface area (Å²) in [6.45, 7) is 3.23. The normalized spacial score (nSPS) is 16.2. The number of hydrogen-bond acceptors (Lipinski definition) is 5. The maximum atomic E-state index is 12.7. The molecular formula is C21H21Cl2N3O3. The standard InChI is InChI=1S/C21H21Cl2N3O3/c1-2-29-19(27)8-7-14-11-18(23)20(24-12-14)25-15-9-10-26(13-15)21(28)16-5-3-4-6-17(16)22/h3-8,11-12,15H,2,9-10,13H2,1H3,(H,24,25)/b8-7+/t15-/m1/s1. The van der Waals surface area contributed by atoms with E-state index in [2.05, 4.69) is 10.3 Å². The van der Waals surface area contributed by atoms with Crippen LogP contribution in [0.4, 0.5) is 5.82 Å². The number of hydrogen-bond donors (Lipinski definition) is 1. The molecule has 1 amide bonds. The molecule has 2 aromatic rings. The Bertz CT molecular complexity index is 933. The van der Waals surface area contributed by atoms with E-state index < -0.39 is 5.97 Å². The van der Waals surface area contributed by atoms with E-state index in [0.717, 1.165) is 6.42 Å². The molecule has 152 valence electrons. The number of carbonyl (C=O) groups is 2. The minimum absolute atomic E-state index is 0.0346. The summed E-state index contributed by atoms with van der Waals surface area (Å²) in [5, 5.41) is 4.17. The maximum absolute atomic E-state index is 12.7. The summed E-state index contributed by atoms with van der Waals surface area (Å²) in [4.78, 5) is 30.2. The fraction of sp³-hybridized carbons (Fsp3) is 0.286. The van der Waals surface area contributed by atoms with Crippen molar-refractivity contribution in [2.75, 3.05) is 25.0 Å². The van der Waals surface area contributed by atoms with Gasteiger partial charge in [-0.1, -0.05) is 35.3 Å². The lowest BCUT2D eigenvalue weighted by molar-refractivity contribution is -0.137. The predicted octanol–water partition coefficient (Wildman–Crippen LogP) is 4.29. The van der Waals surface area contributed by atoms with Crippen LogP contribution >= 0.6 is 23.2 Å². The van der Waals surface area contributed by atoms with Gasteiger partial charge in [-0.3, -0.25) is 4.79 Å². The number of carbonyl (C=O) groups excluding carboxylic acids is 2. The van der Waals surface area contributed by atoms with Crippen molar-refractivity contribution in [3.05, 3.63) is 63.8 Å². The second-order valence-corrected chi connectivity index (χ2v) is 7.36. The van der Waals surface area contributed by atoms with Crippen LogP contribution in [0.15, 0.2) is 42.6 Å². The van der Waals surface area contributed by atoms with Crippen LogP contribution in [-0.2, 0) is 9.53 Å². The number of nitrogens with zero attached hydrogens (tertiary/aromatic N) is 2. The van der Waals surface area contributed by atoms with Crippen LogP contribution in [0.25, 0.3) is 6.08 Å². The van der Waals surface area contributed by atoms with E-state index in [1.165, 1.54) is 6.08 Å². The molecule has 1 aliphatic rings. The molecule has 1 fully saturated rings. The number of nitrogens with one attached hydrogen (secondary N) is 1. The summed E-state index contributed by atoms with van der Waals surface area (Å²) < 4.78 is 4.84. The molecule has 1 aliphatic heterocycles. The van der Waals surface area contributed by atoms with Gasteiger partial charge >= 0.3 is 5.97 Å². The molecule has 0 saturated carbocycles. The number of anilines is 1. The summed E-state index contributed by atoms with van der Waals surface area (Å²) in [7, 11) is 0. The van der Waals surface area contributed by atoms with Crippen LogP contribution in [0.3, 0.4) is 0 Å². The molecule has 0 bridgehead atoms. The highest BCUT2D eigenvalue weighted by atomic mass is 35.5. The van der Waals surface area contributed by atoms with E-state index in [-0.39, 0.29) is 11.9 Å². The average Bonchev–Trinajstić information content (AvgIpc) is 3.17. The lowest BCUT2D eigenvalue weighted by Gasteiger charge is -2.18. The van der Waals surface area contributed by atoms with Crippen molar-refractivity contribution in [1.29, 1.82) is 0 Å². The highest BCUT2D eigenvalue weighted by Gasteiger charge is 2.28. The Morgan fingerprint density at radius 3 is 2.83 bits per heavy atom. The third-order valence-electron chi connectivity index (χ3n) is 4.48. The number of esters is 1. The van der Waals surface area contributed by atoms with Gasteiger partial charge in [-0.25, -0.2) is 9.78 Å². The van der Waals surface area contributed by atoms with Crippen LogP contribution in [0.1, 0.15) is 29.3 Å². The molecule has 1 aromatic carbocycles. The summed E-state index contributed by atoms with van der Waals surface area (Å²) >= 11 is 12.5. The minimum atomic E-state index is -0.417. The topological polar surface area (TPSA) is 71.5 Å². The van der Waals surface area contributed by atoms with Gasteiger partial charge in [0.05, 0.1) is 22.2 Å². The number of pyridine rings is 1. The number of likely N-dealkylation sites (tertiary alicyclic amines) is 1. The summed E-state index contributed by atoms with van der Waals surface area (Å²) in [6, 6.07) is 8.79. The molecule has 0 aliphatic carbocycles. The fourth-order valence-electron chi connectivity index (χ4n) is 3.07. The van der Waals surface area contributed by atoms with Gasteiger partial charge < -0.3 is 15.0 Å². The lowest BCUT2D eigenvalue weighted by atomic mass is 10.2. The molecule has 1 saturated heterocycles. The van der Waals surface area contributed by atoms with Gasteiger partial charge in [0.15, 0.2) is 0 Å². The highest BCUT2D eigenvalue weighted by molar-refractivity contribution is 6.34. The average molecular weight is 434 g/mol. The third kappa shape index (κ3) is 5.49. The van der Waals surface area contributed by atoms with E-state index in [4.69, 9.17) is 27.9 Å². The van der Waals surface area contributed by atoms with Crippen molar-refractivity contribution in [1.82, 2.24) is 9.88 Å². The largest absolute Gasteiger partial charge is 0.463 e. The minimum Gasteiger partial charge on any atom is -0.463 e. The molecule has 0 radical (unpaired) electrons. The number of aromatic nitrogens is 1. The van der Waals surface area contributed by atoms with Gasteiger partial charge in [0.2, 0.25) is 0 Å². The van der Waals surface area contributed by atoms with Crippen molar-refractivity contribution in [3.63, 3.8) is 0 Å². The summed E-state index contributed by atoms with van der Waals surface area (Å²) in [6.07, 6.45) is 5.32. The molecule has 3 rings (SSSR count). The highest BCUT2D eigenvalue weighted by Crippen LogP contribution is 2.25. The SMILES string of the molecule is CCOC(=O)/C=C/c1cnc(N[C@@H]2CCN(C(=O)c3ccccc3Cl)C2)c(Cl)c1. The van der Waals surface area contributed by atoms with Gasteiger partial charge in [-0.2, -0.15) is 0 Å². The molecule has 0 spiro atoms. The van der Waals surface area contributed by atoms with Gasteiger partial charge in [0, 0.05) is 31.4 Å². The Balaban J connectivity index is 1.60. The molecule has 8 heteroatoms. The van der Waals surface area contributed by atoms with Crippen LogP contribution < -0.4 is 5.32 Å². The molecule has 1 N–H and O–H groups in total. The van der Waals surface area contributed by atoms with E-state index in [1.807, 2.05) is 0 Å². The van der Waals surface area contributed by atoms with Crippen molar-refractivity contribution in [3.8, 4) is 0 Å². The maximum Gasteiger partial charge on any atom is 0.330 e. The van der Waals surface area contributed by atoms with E-state index in [0.29, 0.717) is 46.7 Å². The van der Waals surface area contributed by atoms with E-state index >= 15 is 0 Å². The predicted molar refractivity (Wildman–Crippen MR) is 114 cm³/mol. The number of benzene rings is 1. The Morgan fingerprint density at radius 2 is 2.10 bits per heavy atom. The van der Waals surface area contributed by atoms with Crippen LogP contribution in [0.5, 0.6) is 0 Å². The molecule has 29 heavy (non-hydrogen) atoms. The van der Waals surface area contributed by atoms with Gasteiger partial charge in [-0.15, -0.1) is 0 Å². The van der Waals surface area contributed by atoms with Crippen molar-refractivity contribution in [2.45, 2.75) is 19.4 Å². The Kier molecular flexibility index (Phi) is 7.12. The third-order valence-corrected chi connectivity index (χ3v) is 5.10. The molecule has 1 atom stereocenters. The molecule has 2 heterocycles. The lowest BCUT2D eigenvalue weighted by Crippen LogP contribution is -2.31. The van der Waals surface area contributed by atoms with E-state index in [1.54, 1.807) is 54.4 Å². The smallest absolute Gasteiger partial charge is 0.330 e. The van der Waals surface area contributed by atoms with Crippen molar-refractivity contribution < 1.29 is 14.3 Å². The first-order valence-corrected chi connectivity index (χ1v) is 10.0. The van der Waals surface area contributed by atoms with Crippen LogP contribution in [-0.4, -0.2) is 47.5 Å². The number of ether oxygens (including phenoxy) is 1. The van der Waals surface area contributed by atoms with Crippen molar-refractivity contribution in [2.24, 2.45) is 0 Å². The first-order chi connectivity index (χ1) is 14.0. The molecule has 6 nitrogen and oxygen atoms in total. The first-order valence-electron chi connectivity index (χ1n) is 9.28. The molecule has 1 aromatic heterocycles. The second-order valence-electron chi connectivity index (χ2n) is 6.55. The quantitative estimate of drug-likeness (QED) is 0.543. The number of halogens is 2. The van der Waals surface area contributed by atoms with Gasteiger partial charge in [-0.05, 0) is 43.2 Å².